The Hall–Kier alpha value is -2.86. The van der Waals surface area contributed by atoms with Crippen molar-refractivity contribution in [3.8, 4) is 11.3 Å². The Morgan fingerprint density at radius 1 is 1.25 bits per heavy atom. The Kier molecular flexibility index (Phi) is 4.48. The molecule has 24 heavy (non-hydrogen) atoms. The molecule has 0 saturated heterocycles. The van der Waals surface area contributed by atoms with Gasteiger partial charge in [0.05, 0.1) is 11.9 Å². The molecule has 1 amide bonds. The highest BCUT2D eigenvalue weighted by Gasteiger charge is 2.24. The Morgan fingerprint density at radius 3 is 2.75 bits per heavy atom. The second kappa shape index (κ2) is 6.72. The van der Waals surface area contributed by atoms with Gasteiger partial charge in [-0.25, -0.2) is 0 Å². The lowest BCUT2D eigenvalue weighted by molar-refractivity contribution is 0.0508. The van der Waals surface area contributed by atoms with Crippen molar-refractivity contribution in [3.63, 3.8) is 0 Å². The first-order valence-electron chi connectivity index (χ1n) is 7.59. The fourth-order valence-electron chi connectivity index (χ4n) is 2.33. The summed E-state index contributed by atoms with van der Waals surface area (Å²) in [6, 6.07) is 14.5. The van der Waals surface area contributed by atoms with E-state index in [0.717, 1.165) is 5.56 Å². The minimum Gasteiger partial charge on any atom is -0.469 e. The van der Waals surface area contributed by atoms with E-state index in [1.165, 1.54) is 0 Å². The van der Waals surface area contributed by atoms with Crippen LogP contribution in [0.2, 0.25) is 0 Å². The SMILES string of the molecule is CC(O)(CNC(=O)c1cc(-c2ccccc2)on1)Cc1ccco1. The summed E-state index contributed by atoms with van der Waals surface area (Å²) in [6.07, 6.45) is 1.85. The number of nitrogens with one attached hydrogen (secondary N) is 1. The first kappa shape index (κ1) is 16.0. The third kappa shape index (κ3) is 3.91. The van der Waals surface area contributed by atoms with Crippen LogP contribution in [0.4, 0.5) is 0 Å². The van der Waals surface area contributed by atoms with Crippen LogP contribution in [0, 0.1) is 0 Å². The number of hydrogen-bond acceptors (Lipinski definition) is 5. The van der Waals surface area contributed by atoms with Gasteiger partial charge in [0.15, 0.2) is 11.5 Å². The number of amides is 1. The lowest BCUT2D eigenvalue weighted by Gasteiger charge is -2.22. The van der Waals surface area contributed by atoms with Gasteiger partial charge in [0.1, 0.15) is 5.76 Å². The van der Waals surface area contributed by atoms with E-state index in [9.17, 15) is 9.90 Å². The molecule has 1 atom stereocenters. The molecular formula is C18H18N2O4. The molecule has 0 aliphatic heterocycles. The number of nitrogens with zero attached hydrogens (tertiary/aromatic N) is 1. The summed E-state index contributed by atoms with van der Waals surface area (Å²) in [5.74, 6) is 0.769. The average molecular weight is 326 g/mol. The first-order chi connectivity index (χ1) is 11.5. The molecule has 0 aliphatic carbocycles. The van der Waals surface area contributed by atoms with E-state index in [0.29, 0.717) is 17.9 Å². The van der Waals surface area contributed by atoms with Crippen LogP contribution in [0.3, 0.4) is 0 Å². The Bertz CT molecular complexity index is 792. The third-order valence-corrected chi connectivity index (χ3v) is 3.57. The molecule has 3 aromatic rings. The molecule has 0 aliphatic rings. The van der Waals surface area contributed by atoms with E-state index in [2.05, 4.69) is 10.5 Å². The standard InChI is InChI=1S/C18H18N2O4/c1-18(22,11-14-8-5-9-23-14)12-19-17(21)15-10-16(24-20-15)13-6-3-2-4-7-13/h2-10,22H,11-12H2,1H3,(H,19,21). The van der Waals surface area contributed by atoms with E-state index in [4.69, 9.17) is 8.94 Å². The fraction of sp³-hybridized carbons (Fsp3) is 0.222. The minimum absolute atomic E-state index is 0.0695. The molecule has 2 heterocycles. The summed E-state index contributed by atoms with van der Waals surface area (Å²) in [6.45, 7) is 1.70. The summed E-state index contributed by atoms with van der Waals surface area (Å²) in [7, 11) is 0. The molecule has 1 aromatic carbocycles. The smallest absolute Gasteiger partial charge is 0.273 e. The van der Waals surface area contributed by atoms with E-state index < -0.39 is 11.5 Å². The monoisotopic (exact) mass is 326 g/mol. The van der Waals surface area contributed by atoms with Crippen molar-refractivity contribution in [3.05, 3.63) is 66.2 Å². The van der Waals surface area contributed by atoms with Crippen LogP contribution in [0.5, 0.6) is 0 Å². The maximum Gasteiger partial charge on any atom is 0.273 e. The van der Waals surface area contributed by atoms with Crippen molar-refractivity contribution in [2.75, 3.05) is 6.54 Å². The highest BCUT2D eigenvalue weighted by molar-refractivity contribution is 5.93. The zero-order chi connectivity index (χ0) is 17.0. The average Bonchev–Trinajstić information content (AvgIpc) is 3.25. The Balaban J connectivity index is 1.60. The van der Waals surface area contributed by atoms with E-state index in [1.807, 2.05) is 30.3 Å². The fourth-order valence-corrected chi connectivity index (χ4v) is 2.33. The molecule has 6 heteroatoms. The zero-order valence-corrected chi connectivity index (χ0v) is 13.2. The number of carbonyl (C=O) groups excluding carboxylic acids is 1. The molecular weight excluding hydrogens is 308 g/mol. The second-order valence-corrected chi connectivity index (χ2v) is 5.88. The molecule has 0 bridgehead atoms. The molecule has 0 spiro atoms. The van der Waals surface area contributed by atoms with Gasteiger partial charge in [0.2, 0.25) is 0 Å². The number of carbonyl (C=O) groups is 1. The Morgan fingerprint density at radius 2 is 2.04 bits per heavy atom. The molecule has 2 aromatic heterocycles. The summed E-state index contributed by atoms with van der Waals surface area (Å²) in [5, 5.41) is 16.8. The number of rotatable bonds is 6. The predicted octanol–water partition coefficient (Wildman–Crippen LogP) is 2.66. The van der Waals surface area contributed by atoms with Gasteiger partial charge >= 0.3 is 0 Å². The molecule has 0 saturated carbocycles. The summed E-state index contributed by atoms with van der Waals surface area (Å²) >= 11 is 0. The second-order valence-electron chi connectivity index (χ2n) is 5.88. The lowest BCUT2D eigenvalue weighted by Crippen LogP contribution is -2.42. The molecule has 6 nitrogen and oxygen atoms in total. The van der Waals surface area contributed by atoms with Gasteiger partial charge in [0, 0.05) is 24.6 Å². The summed E-state index contributed by atoms with van der Waals surface area (Å²) in [4.78, 5) is 12.2. The molecule has 3 rings (SSSR count). The van der Waals surface area contributed by atoms with Crippen molar-refractivity contribution in [1.29, 1.82) is 0 Å². The van der Waals surface area contributed by atoms with E-state index in [1.54, 1.807) is 31.4 Å². The quantitative estimate of drug-likeness (QED) is 0.727. The largest absolute Gasteiger partial charge is 0.469 e. The van der Waals surface area contributed by atoms with Gasteiger partial charge in [-0.3, -0.25) is 4.79 Å². The summed E-state index contributed by atoms with van der Waals surface area (Å²) < 4.78 is 10.4. The normalized spacial score (nSPS) is 13.4. The van der Waals surface area contributed by atoms with E-state index >= 15 is 0 Å². The van der Waals surface area contributed by atoms with Crippen LogP contribution >= 0.6 is 0 Å². The third-order valence-electron chi connectivity index (χ3n) is 3.57. The maximum absolute atomic E-state index is 12.2. The van der Waals surface area contributed by atoms with Crippen LogP contribution < -0.4 is 5.32 Å². The van der Waals surface area contributed by atoms with Gasteiger partial charge in [-0.05, 0) is 19.1 Å². The van der Waals surface area contributed by atoms with Gasteiger partial charge in [-0.2, -0.15) is 0 Å². The van der Waals surface area contributed by atoms with Crippen molar-refractivity contribution >= 4 is 5.91 Å². The molecule has 1 unspecified atom stereocenters. The topological polar surface area (TPSA) is 88.5 Å². The molecule has 0 radical (unpaired) electrons. The molecule has 0 fully saturated rings. The summed E-state index contributed by atoms with van der Waals surface area (Å²) in [5.41, 5.74) is -0.115. The van der Waals surface area contributed by atoms with Crippen molar-refractivity contribution in [2.45, 2.75) is 18.9 Å². The highest BCUT2D eigenvalue weighted by Crippen LogP contribution is 2.20. The van der Waals surface area contributed by atoms with Crippen molar-refractivity contribution in [1.82, 2.24) is 10.5 Å². The zero-order valence-electron chi connectivity index (χ0n) is 13.2. The van der Waals surface area contributed by atoms with Crippen LogP contribution in [0.1, 0.15) is 23.2 Å². The van der Waals surface area contributed by atoms with Crippen molar-refractivity contribution in [2.24, 2.45) is 0 Å². The van der Waals surface area contributed by atoms with Gasteiger partial charge < -0.3 is 19.4 Å². The van der Waals surface area contributed by atoms with Crippen LogP contribution in [0.25, 0.3) is 11.3 Å². The van der Waals surface area contributed by atoms with Crippen LogP contribution in [0.15, 0.2) is 63.7 Å². The molecule has 2 N–H and O–H groups in total. The van der Waals surface area contributed by atoms with Gasteiger partial charge in [-0.15, -0.1) is 0 Å². The highest BCUT2D eigenvalue weighted by atomic mass is 16.5. The van der Waals surface area contributed by atoms with Crippen LogP contribution in [-0.4, -0.2) is 28.3 Å². The number of hydrogen-bond donors (Lipinski definition) is 2. The molecule has 124 valence electrons. The van der Waals surface area contributed by atoms with Gasteiger partial charge in [-0.1, -0.05) is 35.5 Å². The van der Waals surface area contributed by atoms with Crippen LogP contribution in [-0.2, 0) is 6.42 Å². The number of aromatic nitrogens is 1. The minimum atomic E-state index is -1.13. The number of benzene rings is 1. The van der Waals surface area contributed by atoms with E-state index in [-0.39, 0.29) is 12.2 Å². The van der Waals surface area contributed by atoms with Gasteiger partial charge in [0.25, 0.3) is 5.91 Å². The maximum atomic E-state index is 12.2. The lowest BCUT2D eigenvalue weighted by atomic mass is 10.0. The number of furan rings is 1. The van der Waals surface area contributed by atoms with Crippen molar-refractivity contribution < 1.29 is 18.8 Å². The predicted molar refractivity (Wildman–Crippen MR) is 87.3 cm³/mol. The first-order valence-corrected chi connectivity index (χ1v) is 7.59. The number of aliphatic hydroxyl groups is 1. The Labute approximate surface area is 139 Å².